The molecule has 0 aromatic heterocycles. The molecule has 1 aliphatic carbocycles. The van der Waals surface area contributed by atoms with Crippen LogP contribution in [0.25, 0.3) is 10.4 Å². The summed E-state index contributed by atoms with van der Waals surface area (Å²) in [5, 5.41) is 7.16. The van der Waals surface area contributed by atoms with Gasteiger partial charge in [0, 0.05) is 17.0 Å². The van der Waals surface area contributed by atoms with E-state index in [1.807, 2.05) is 0 Å². The molecule has 2 fully saturated rings. The molecule has 4 nitrogen and oxygen atoms in total. The second-order valence-electron chi connectivity index (χ2n) is 3.58. The summed E-state index contributed by atoms with van der Waals surface area (Å²) in [4.78, 5) is 2.83. The largest absolute Gasteiger partial charge is 0.311 e. The lowest BCUT2D eigenvalue weighted by Crippen LogP contribution is -2.45. The Bertz CT molecular complexity index is 207. The fraction of sp³-hybridized carbons (Fsp3) is 1.00. The van der Waals surface area contributed by atoms with Crippen LogP contribution in [0, 0.1) is 0 Å². The molecule has 0 aromatic carbocycles. The van der Waals surface area contributed by atoms with Gasteiger partial charge in [0.05, 0.1) is 6.04 Å². The number of nitrogens with zero attached hydrogens (tertiary/aromatic N) is 3. The lowest BCUT2D eigenvalue weighted by atomic mass is 9.75. The Morgan fingerprint density at radius 2 is 2.25 bits per heavy atom. The van der Waals surface area contributed by atoms with Gasteiger partial charge in [-0.25, -0.2) is 0 Å². The molecule has 0 radical (unpaired) electrons. The topological polar surface area (TPSA) is 60.8 Å². The second-order valence-corrected chi connectivity index (χ2v) is 3.58. The van der Waals surface area contributed by atoms with Crippen LogP contribution >= 0.6 is 12.4 Å². The molecular formula is C7H13ClN4. The second kappa shape index (κ2) is 3.52. The highest BCUT2D eigenvalue weighted by molar-refractivity contribution is 5.85. The molecule has 0 aromatic rings. The van der Waals surface area contributed by atoms with E-state index in [-0.39, 0.29) is 18.4 Å². The fourth-order valence-electron chi connectivity index (χ4n) is 2.07. The highest BCUT2D eigenvalue weighted by Gasteiger charge is 2.42. The zero-order chi connectivity index (χ0) is 7.73. The van der Waals surface area contributed by atoms with Crippen LogP contribution in [0.15, 0.2) is 5.11 Å². The lowest BCUT2D eigenvalue weighted by molar-refractivity contribution is 0.214. The predicted octanol–water partition coefficient (Wildman–Crippen LogP) is 2.00. The molecule has 1 saturated carbocycles. The van der Waals surface area contributed by atoms with Crippen LogP contribution in [0.1, 0.15) is 25.7 Å². The number of nitrogens with one attached hydrogen (secondary N) is 1. The summed E-state index contributed by atoms with van der Waals surface area (Å²) < 4.78 is 0. The molecule has 0 amide bonds. The minimum Gasteiger partial charge on any atom is -0.311 e. The maximum atomic E-state index is 8.22. The van der Waals surface area contributed by atoms with Gasteiger partial charge in [-0.3, -0.25) is 0 Å². The molecule has 1 atom stereocenters. The molecular weight excluding hydrogens is 176 g/mol. The highest BCUT2D eigenvalue weighted by atomic mass is 35.5. The summed E-state index contributed by atoms with van der Waals surface area (Å²) >= 11 is 0. The number of hydrogen-bond donors (Lipinski definition) is 1. The Morgan fingerprint density at radius 1 is 1.50 bits per heavy atom. The van der Waals surface area contributed by atoms with Crippen LogP contribution < -0.4 is 5.32 Å². The molecule has 68 valence electrons. The van der Waals surface area contributed by atoms with E-state index in [2.05, 4.69) is 15.3 Å². The highest BCUT2D eigenvalue weighted by Crippen LogP contribution is 2.39. The van der Waals surface area contributed by atoms with Gasteiger partial charge in [-0.2, -0.15) is 0 Å². The van der Waals surface area contributed by atoms with Crippen LogP contribution in [0.2, 0.25) is 0 Å². The Hall–Kier alpha value is -0.440. The van der Waals surface area contributed by atoms with E-state index in [0.29, 0.717) is 5.54 Å². The first kappa shape index (κ1) is 9.65. The van der Waals surface area contributed by atoms with Gasteiger partial charge in [0.1, 0.15) is 0 Å². The molecule has 1 spiro atoms. The van der Waals surface area contributed by atoms with Crippen molar-refractivity contribution in [1.29, 1.82) is 0 Å². The van der Waals surface area contributed by atoms with Crippen molar-refractivity contribution in [1.82, 2.24) is 5.32 Å². The van der Waals surface area contributed by atoms with E-state index in [1.54, 1.807) is 0 Å². The average Bonchev–Trinajstić information content (AvgIpc) is 2.32. The van der Waals surface area contributed by atoms with Crippen LogP contribution in [0.5, 0.6) is 0 Å². The summed E-state index contributed by atoms with van der Waals surface area (Å²) in [7, 11) is 0. The Labute approximate surface area is 77.8 Å². The first-order valence-corrected chi connectivity index (χ1v) is 4.14. The van der Waals surface area contributed by atoms with Gasteiger partial charge >= 0.3 is 0 Å². The number of rotatable bonds is 1. The normalized spacial score (nSPS) is 30.2. The maximum Gasteiger partial charge on any atom is 0.0516 e. The molecule has 0 bridgehead atoms. The van der Waals surface area contributed by atoms with Crippen molar-refractivity contribution >= 4 is 12.4 Å². The van der Waals surface area contributed by atoms with Gasteiger partial charge in [-0.05, 0) is 31.2 Å². The van der Waals surface area contributed by atoms with E-state index in [0.717, 1.165) is 13.0 Å². The number of azide groups is 1. The smallest absolute Gasteiger partial charge is 0.0516 e. The van der Waals surface area contributed by atoms with Crippen LogP contribution in [-0.4, -0.2) is 18.1 Å². The molecule has 1 aliphatic heterocycles. The Morgan fingerprint density at radius 3 is 2.67 bits per heavy atom. The molecule has 1 unspecified atom stereocenters. The van der Waals surface area contributed by atoms with Crippen molar-refractivity contribution in [3.05, 3.63) is 10.4 Å². The van der Waals surface area contributed by atoms with Crippen molar-refractivity contribution < 1.29 is 0 Å². The van der Waals surface area contributed by atoms with Crippen molar-refractivity contribution in [2.45, 2.75) is 37.3 Å². The summed E-state index contributed by atoms with van der Waals surface area (Å²) in [5.41, 5.74) is 8.59. The Kier molecular flexibility index (Phi) is 2.83. The van der Waals surface area contributed by atoms with Gasteiger partial charge in [-0.15, -0.1) is 12.4 Å². The van der Waals surface area contributed by atoms with E-state index in [9.17, 15) is 0 Å². The van der Waals surface area contributed by atoms with E-state index < -0.39 is 0 Å². The van der Waals surface area contributed by atoms with Crippen LogP contribution in [-0.2, 0) is 0 Å². The monoisotopic (exact) mass is 188 g/mol. The van der Waals surface area contributed by atoms with E-state index in [4.69, 9.17) is 5.53 Å². The maximum absolute atomic E-state index is 8.22. The van der Waals surface area contributed by atoms with Crippen molar-refractivity contribution in [2.75, 3.05) is 6.54 Å². The van der Waals surface area contributed by atoms with Gasteiger partial charge < -0.3 is 5.32 Å². The third-order valence-corrected chi connectivity index (χ3v) is 2.86. The standard InChI is InChI=1S/C7H12N4.ClH/c8-11-10-6-4-7(9-5-6)2-1-3-7;/h6,9H,1-5H2;1H. The van der Waals surface area contributed by atoms with Gasteiger partial charge in [0.2, 0.25) is 0 Å². The predicted molar refractivity (Wildman–Crippen MR) is 49.4 cm³/mol. The zero-order valence-corrected chi connectivity index (χ0v) is 7.68. The molecule has 12 heavy (non-hydrogen) atoms. The fourth-order valence-corrected chi connectivity index (χ4v) is 2.07. The summed E-state index contributed by atoms with van der Waals surface area (Å²) in [6.07, 6.45) is 4.92. The SMILES string of the molecule is Cl.[N-]=[N+]=NC1CNC2(CCC2)C1. The molecule has 1 heterocycles. The minimum atomic E-state index is 0. The summed E-state index contributed by atoms with van der Waals surface area (Å²) in [6.45, 7) is 0.879. The van der Waals surface area contributed by atoms with Crippen molar-refractivity contribution in [2.24, 2.45) is 5.11 Å². The van der Waals surface area contributed by atoms with E-state index in [1.165, 1.54) is 19.3 Å². The lowest BCUT2D eigenvalue weighted by Gasteiger charge is -2.38. The molecule has 2 rings (SSSR count). The van der Waals surface area contributed by atoms with Gasteiger partial charge in [0.15, 0.2) is 0 Å². The molecule has 1 saturated heterocycles. The molecule has 1 N–H and O–H groups in total. The third kappa shape index (κ3) is 1.51. The van der Waals surface area contributed by atoms with Crippen LogP contribution in [0.3, 0.4) is 0 Å². The van der Waals surface area contributed by atoms with Crippen molar-refractivity contribution in [3.63, 3.8) is 0 Å². The average molecular weight is 189 g/mol. The zero-order valence-electron chi connectivity index (χ0n) is 6.86. The van der Waals surface area contributed by atoms with Gasteiger partial charge in [-0.1, -0.05) is 5.11 Å². The minimum absolute atomic E-state index is 0. The number of hydrogen-bond acceptors (Lipinski definition) is 2. The number of halogens is 1. The third-order valence-electron chi connectivity index (χ3n) is 2.86. The van der Waals surface area contributed by atoms with Crippen LogP contribution in [0.4, 0.5) is 0 Å². The van der Waals surface area contributed by atoms with Gasteiger partial charge in [0.25, 0.3) is 0 Å². The first-order valence-electron chi connectivity index (χ1n) is 4.14. The Balaban J connectivity index is 0.000000720. The van der Waals surface area contributed by atoms with Crippen molar-refractivity contribution in [3.8, 4) is 0 Å². The summed E-state index contributed by atoms with van der Waals surface area (Å²) in [6, 6.07) is 0.209. The quantitative estimate of drug-likeness (QED) is 0.382. The first-order chi connectivity index (χ1) is 5.35. The molecule has 5 heteroatoms. The molecule has 2 aliphatic rings. The summed E-state index contributed by atoms with van der Waals surface area (Å²) in [5.74, 6) is 0. The van der Waals surface area contributed by atoms with E-state index >= 15 is 0 Å².